The van der Waals surface area contributed by atoms with Crippen LogP contribution in [0.15, 0.2) is 194 Å². The summed E-state index contributed by atoms with van der Waals surface area (Å²) < 4.78 is 16.8. The van der Waals surface area contributed by atoms with Gasteiger partial charge < -0.3 is 45.9 Å². The zero-order valence-corrected chi connectivity index (χ0v) is 55.3. The van der Waals surface area contributed by atoms with Crippen molar-refractivity contribution in [3.63, 3.8) is 0 Å². The van der Waals surface area contributed by atoms with Crippen molar-refractivity contribution in [2.75, 3.05) is 78.7 Å². The van der Waals surface area contributed by atoms with Gasteiger partial charge in [0.25, 0.3) is 0 Å². The lowest BCUT2D eigenvalue weighted by molar-refractivity contribution is -0.138. The molecule has 16 heteroatoms. The van der Waals surface area contributed by atoms with E-state index in [0.29, 0.717) is 83.5 Å². The van der Waals surface area contributed by atoms with Crippen LogP contribution in [0.4, 0.5) is 0 Å². The number of carbonyl (C=O) groups is 4. The number of aliphatic hydroxyl groups excluding tert-OH is 1. The van der Waals surface area contributed by atoms with Crippen molar-refractivity contribution >= 4 is 45.4 Å². The average molecular weight is 1290 g/mol. The number of aliphatic hydroxyl groups is 1. The largest absolute Gasteiger partial charge is 0.490 e. The Morgan fingerprint density at radius 2 is 1.00 bits per heavy atom. The minimum Gasteiger partial charge on any atom is -0.490 e. The van der Waals surface area contributed by atoms with E-state index in [1.807, 2.05) is 109 Å². The summed E-state index contributed by atoms with van der Waals surface area (Å²) in [5, 5.41) is 28.6. The number of fused-ring (bicyclic) bond motifs is 2. The molecule has 0 spiro atoms. The molecule has 502 valence electrons. The zero-order chi connectivity index (χ0) is 66.1. The van der Waals surface area contributed by atoms with E-state index >= 15 is 0 Å². The number of β-amino-alcohol motifs (C(OH)–C–C–N with tert-alkyl or cyclic N) is 1. The molecular formula is C79H98N8O8. The van der Waals surface area contributed by atoms with Crippen LogP contribution in [0, 0.1) is 29.6 Å². The van der Waals surface area contributed by atoms with Crippen LogP contribution in [-0.4, -0.2) is 135 Å². The van der Waals surface area contributed by atoms with Crippen LogP contribution < -0.4 is 36.1 Å². The molecule has 3 aliphatic heterocycles. The predicted octanol–water partition coefficient (Wildman–Crippen LogP) is 10.9. The van der Waals surface area contributed by atoms with Crippen LogP contribution in [0.5, 0.6) is 11.5 Å². The van der Waals surface area contributed by atoms with E-state index < -0.39 is 17.9 Å². The molecule has 95 heavy (non-hydrogen) atoms. The Hall–Kier alpha value is -8.54. The number of nitrogens with one attached hydrogen (secondary N) is 5. The summed E-state index contributed by atoms with van der Waals surface area (Å²) in [5.74, 6) is 0.502. The molecule has 0 aliphatic carbocycles. The van der Waals surface area contributed by atoms with E-state index in [-0.39, 0.29) is 48.2 Å². The Balaban J connectivity index is 0.000000189. The lowest BCUT2D eigenvalue weighted by atomic mass is 9.83. The van der Waals surface area contributed by atoms with Gasteiger partial charge >= 0.3 is 0 Å². The monoisotopic (exact) mass is 1290 g/mol. The minimum atomic E-state index is -0.751. The Kier molecular flexibility index (Phi) is 29.3. The molecule has 11 rings (SSSR count). The highest BCUT2D eigenvalue weighted by molar-refractivity contribution is 5.89. The normalized spacial score (nSPS) is 18.1. The number of epoxide rings is 1. The molecule has 16 nitrogen and oxygen atoms in total. The van der Waals surface area contributed by atoms with Crippen molar-refractivity contribution in [3.05, 3.63) is 217 Å². The summed E-state index contributed by atoms with van der Waals surface area (Å²) in [4.78, 5) is 63.3. The third kappa shape index (κ3) is 24.3. The number of likely N-dealkylation sites (tertiary alicyclic amines) is 1. The Morgan fingerprint density at radius 1 is 0.537 bits per heavy atom. The zero-order valence-electron chi connectivity index (χ0n) is 55.3. The number of aryl methyl sites for hydroxylation is 3. The van der Waals surface area contributed by atoms with Crippen LogP contribution in [0.25, 0.3) is 21.8 Å². The quantitative estimate of drug-likeness (QED) is 0.0172. The molecule has 4 amide bonds. The van der Waals surface area contributed by atoms with Gasteiger partial charge in [-0.05, 0) is 173 Å². The Labute approximate surface area is 561 Å². The fraction of sp³-hybridized carbons (Fsp3) is 0.418. The molecule has 0 saturated carbocycles. The number of benzene rings is 6. The van der Waals surface area contributed by atoms with Crippen molar-refractivity contribution in [1.29, 1.82) is 0 Å². The molecule has 5 heterocycles. The van der Waals surface area contributed by atoms with Gasteiger partial charge in [-0.3, -0.25) is 34.0 Å². The number of pyridine rings is 2. The standard InChI is InChI=1S/C39H48N4O4.C28H39N3O2.C12H11NO2/c44-32(29-47-37-21-11-20-36-34(37)19-12-25-40-36)27-43-26-22-33(38(45)41-23-9-7-17-30-13-3-1-4-14-30)35(28-43)39(46)42-24-10-8-18-31-15-5-2-6-16-31;1-22(20-24-13-6-3-7-14-24)15-19-31-27(32)25-16-18-29-21-26(25)28(33)30-17-9-8-12-23-10-4-2-5-11-23;1-4-11-10(3-2-6-13-11)12(5-1)15-8-9-7-14-9/h1-6,11-16,19-21,25,32-33,35,44H,7-10,17-18,22-24,26-29H2,(H,41,45)(H,42,46);2-7,10-11,13-14,22,25-26,29H,8-9,12,15-21H2,1H3,(H,30,33)(H,31,32);1-6,9H,7-8H2/t32-,33-,35-;22?,25-,26-;9-/m111/s1. The SMILES string of the molecule is CC(CCNC(=O)[C@@H]1CCNC[C@H]1C(=O)NCCCCc1ccccc1)Cc1ccccc1.O=C(NCCCCc1ccccc1)[C@@H]1CCN(C[C@@H](O)COc2cccc3ncccc23)C[C@H]1C(=O)NCCCCc1ccccc1.c1cc(OC[C@H]2CO2)c2cccnc2c1. The highest BCUT2D eigenvalue weighted by atomic mass is 16.6. The second-order valence-corrected chi connectivity index (χ2v) is 25.4. The van der Waals surface area contributed by atoms with Crippen LogP contribution in [0.3, 0.4) is 0 Å². The van der Waals surface area contributed by atoms with E-state index in [4.69, 9.17) is 14.2 Å². The van der Waals surface area contributed by atoms with Crippen molar-refractivity contribution in [3.8, 4) is 11.5 Å². The maximum absolute atomic E-state index is 13.5. The van der Waals surface area contributed by atoms with E-state index in [1.54, 1.807) is 12.4 Å². The van der Waals surface area contributed by atoms with Gasteiger partial charge in [0.05, 0.1) is 41.3 Å². The molecular weight excluding hydrogens is 1190 g/mol. The van der Waals surface area contributed by atoms with Crippen molar-refractivity contribution in [1.82, 2.24) is 41.5 Å². The average Bonchev–Trinajstić information content (AvgIpc) is 1.65. The summed E-state index contributed by atoms with van der Waals surface area (Å²) in [5.41, 5.74) is 7.05. The second-order valence-electron chi connectivity index (χ2n) is 25.4. The van der Waals surface area contributed by atoms with Gasteiger partial charge in [-0.25, -0.2) is 0 Å². The Morgan fingerprint density at radius 3 is 1.52 bits per heavy atom. The van der Waals surface area contributed by atoms with Crippen LogP contribution in [-0.2, 0) is 49.6 Å². The molecule has 7 atom stereocenters. The lowest BCUT2D eigenvalue weighted by Crippen LogP contribution is -2.53. The summed E-state index contributed by atoms with van der Waals surface area (Å²) >= 11 is 0. The first-order valence-electron chi connectivity index (χ1n) is 34.6. The van der Waals surface area contributed by atoms with Crippen molar-refractivity contribution < 1.29 is 38.5 Å². The number of hydrogen-bond acceptors (Lipinski definition) is 12. The van der Waals surface area contributed by atoms with Gasteiger partial charge in [0.1, 0.15) is 36.9 Å². The molecule has 0 radical (unpaired) electrons. The number of rotatable bonds is 32. The van der Waals surface area contributed by atoms with Gasteiger partial charge in [-0.1, -0.05) is 140 Å². The minimum absolute atomic E-state index is 0.000457. The molecule has 0 bridgehead atoms. The van der Waals surface area contributed by atoms with E-state index in [2.05, 4.69) is 121 Å². The first-order valence-corrected chi connectivity index (χ1v) is 34.6. The van der Waals surface area contributed by atoms with Crippen molar-refractivity contribution in [2.24, 2.45) is 29.6 Å². The third-order valence-corrected chi connectivity index (χ3v) is 17.9. The molecule has 8 aromatic rings. The number of unbranched alkanes of at least 4 members (excludes halogenated alkanes) is 3. The van der Waals surface area contributed by atoms with Crippen LogP contribution >= 0.6 is 0 Å². The first-order chi connectivity index (χ1) is 46.6. The van der Waals surface area contributed by atoms with Crippen LogP contribution in [0.1, 0.15) is 87.0 Å². The second kappa shape index (κ2) is 39.4. The summed E-state index contributed by atoms with van der Waals surface area (Å²) in [7, 11) is 0. The van der Waals surface area contributed by atoms with Gasteiger partial charge in [0.2, 0.25) is 23.6 Å². The summed E-state index contributed by atoms with van der Waals surface area (Å²) in [6, 6.07) is 61.0. The van der Waals surface area contributed by atoms with Gasteiger partial charge in [0.15, 0.2) is 0 Å². The summed E-state index contributed by atoms with van der Waals surface area (Å²) in [6.07, 6.45) is 15.0. The molecule has 6 aromatic carbocycles. The van der Waals surface area contributed by atoms with E-state index in [9.17, 15) is 24.3 Å². The first kappa shape index (κ1) is 70.8. The molecule has 6 N–H and O–H groups in total. The third-order valence-electron chi connectivity index (χ3n) is 17.9. The molecule has 3 aliphatic rings. The topological polar surface area (TPSA) is 209 Å². The highest BCUT2D eigenvalue weighted by Crippen LogP contribution is 2.28. The Bertz CT molecular complexity index is 3540. The fourth-order valence-corrected chi connectivity index (χ4v) is 12.5. The predicted molar refractivity (Wildman–Crippen MR) is 377 cm³/mol. The molecule has 3 fully saturated rings. The molecule has 1 unspecified atom stereocenters. The van der Waals surface area contributed by atoms with Crippen LogP contribution in [0.2, 0.25) is 0 Å². The maximum Gasteiger partial charge on any atom is 0.225 e. The fourth-order valence-electron chi connectivity index (χ4n) is 12.5. The number of amides is 4. The number of carbonyl (C=O) groups excluding carboxylic acids is 4. The van der Waals surface area contributed by atoms with Gasteiger partial charge in [-0.15, -0.1) is 0 Å². The van der Waals surface area contributed by atoms with Gasteiger partial charge in [0, 0.05) is 69.0 Å². The number of aromatic nitrogens is 2. The summed E-state index contributed by atoms with van der Waals surface area (Å²) in [6.45, 7) is 9.03. The number of ether oxygens (including phenoxy) is 3. The smallest absolute Gasteiger partial charge is 0.225 e. The maximum atomic E-state index is 13.5. The number of piperidine rings is 2. The highest BCUT2D eigenvalue weighted by Gasteiger charge is 2.39. The van der Waals surface area contributed by atoms with E-state index in [0.717, 1.165) is 111 Å². The van der Waals surface area contributed by atoms with Crippen molar-refractivity contribution in [2.45, 2.75) is 103 Å². The lowest BCUT2D eigenvalue weighted by Gasteiger charge is -2.37. The van der Waals surface area contributed by atoms with E-state index in [1.165, 1.54) is 22.3 Å². The van der Waals surface area contributed by atoms with Gasteiger partial charge in [-0.2, -0.15) is 0 Å². The number of nitrogens with zero attached hydrogens (tertiary/aromatic N) is 3. The molecule has 2 aromatic heterocycles. The molecule has 3 saturated heterocycles. The number of hydrogen-bond donors (Lipinski definition) is 6.